The second-order valence-electron chi connectivity index (χ2n) is 9.13. The molecule has 2 aliphatic heterocycles. The van der Waals surface area contributed by atoms with E-state index in [-0.39, 0.29) is 6.09 Å². The van der Waals surface area contributed by atoms with Crippen LogP contribution in [-0.2, 0) is 4.74 Å². The zero-order chi connectivity index (χ0) is 22.9. The third kappa shape index (κ3) is 4.69. The van der Waals surface area contributed by atoms with E-state index in [1.807, 2.05) is 49.5 Å². The van der Waals surface area contributed by atoms with E-state index in [0.29, 0.717) is 44.1 Å². The predicted octanol–water partition coefficient (Wildman–Crippen LogP) is 2.50. The molecule has 0 aromatic carbocycles. The first-order valence-corrected chi connectivity index (χ1v) is 10.9. The zero-order valence-electron chi connectivity index (χ0n) is 19.2. The van der Waals surface area contributed by atoms with Crippen LogP contribution < -0.4 is 10.2 Å². The van der Waals surface area contributed by atoms with Crippen LogP contribution in [0.15, 0.2) is 23.4 Å². The molecule has 0 spiro atoms. The number of nitrogens with one attached hydrogen (secondary N) is 1. The van der Waals surface area contributed by atoms with E-state index in [2.05, 4.69) is 27.1 Å². The van der Waals surface area contributed by atoms with Crippen molar-refractivity contribution >= 4 is 23.8 Å². The fourth-order valence-corrected chi connectivity index (χ4v) is 3.61. The van der Waals surface area contributed by atoms with Crippen LogP contribution in [0.25, 0.3) is 11.6 Å². The molecule has 2 aliphatic rings. The Morgan fingerprint density at radius 1 is 1.28 bits per heavy atom. The first-order chi connectivity index (χ1) is 15.2. The molecule has 2 fully saturated rings. The van der Waals surface area contributed by atoms with Crippen LogP contribution >= 0.6 is 0 Å². The van der Waals surface area contributed by atoms with Gasteiger partial charge in [-0.2, -0.15) is 10.1 Å². The van der Waals surface area contributed by atoms with E-state index >= 15 is 0 Å². The van der Waals surface area contributed by atoms with Gasteiger partial charge in [-0.25, -0.2) is 4.79 Å². The Hall–Kier alpha value is -3.14. The van der Waals surface area contributed by atoms with Gasteiger partial charge in [0.1, 0.15) is 5.60 Å². The van der Waals surface area contributed by atoms with Crippen LogP contribution in [0.1, 0.15) is 43.9 Å². The topological polar surface area (TPSA) is 102 Å². The van der Waals surface area contributed by atoms with Gasteiger partial charge >= 0.3 is 12.1 Å². The van der Waals surface area contributed by atoms with Crippen molar-refractivity contribution in [3.05, 3.63) is 35.9 Å². The highest BCUT2D eigenvalue weighted by Crippen LogP contribution is 2.25. The van der Waals surface area contributed by atoms with Crippen molar-refractivity contribution < 1.29 is 14.1 Å². The Bertz CT molecular complexity index is 1010. The number of hydrogen-bond acceptors (Lipinski definition) is 8. The minimum atomic E-state index is -0.508. The summed E-state index contributed by atoms with van der Waals surface area (Å²) in [6, 6.07) is 0.785. The third-order valence-electron chi connectivity index (χ3n) is 5.52. The average Bonchev–Trinajstić information content (AvgIpc) is 3.32. The summed E-state index contributed by atoms with van der Waals surface area (Å²) in [5.41, 5.74) is 2.36. The number of carbonyl (C=O) groups excluding carboxylic acids is 1. The number of amides is 1. The Morgan fingerprint density at radius 3 is 2.59 bits per heavy atom. The highest BCUT2D eigenvalue weighted by atomic mass is 16.6. The number of nitrogens with zero attached hydrogens (tertiary/aromatic N) is 6. The second kappa shape index (κ2) is 8.78. The predicted molar refractivity (Wildman–Crippen MR) is 121 cm³/mol. The van der Waals surface area contributed by atoms with E-state index in [9.17, 15) is 4.79 Å². The van der Waals surface area contributed by atoms with Crippen LogP contribution in [-0.4, -0.2) is 75.8 Å². The van der Waals surface area contributed by atoms with Crippen LogP contribution in [0.4, 0.5) is 10.8 Å². The number of hydrogen-bond donors (Lipinski definition) is 1. The summed E-state index contributed by atoms with van der Waals surface area (Å²) < 4.78 is 13.0. The minimum absolute atomic E-state index is 0.297. The van der Waals surface area contributed by atoms with Gasteiger partial charge in [0.05, 0.1) is 17.9 Å². The Kier molecular flexibility index (Phi) is 6.05. The van der Waals surface area contributed by atoms with Crippen LogP contribution in [0.2, 0.25) is 0 Å². The molecule has 2 saturated heterocycles. The lowest BCUT2D eigenvalue weighted by molar-refractivity contribution is 0.0238. The smallest absolute Gasteiger partial charge is 0.410 e. The van der Waals surface area contributed by atoms with E-state index in [1.54, 1.807) is 11.0 Å². The fraction of sp³-hybridized carbons (Fsp3) is 0.545. The van der Waals surface area contributed by atoms with Crippen molar-refractivity contribution in [1.82, 2.24) is 30.1 Å². The monoisotopic (exact) mass is 441 g/mol. The molecule has 32 heavy (non-hydrogen) atoms. The molecule has 4 heterocycles. The first kappa shape index (κ1) is 22.1. The number of ether oxygens (including phenoxy) is 1. The standard InChI is InChI=1S/C22H31N7O3/c1-6-16(11-18-15(2)12-24-29(18)17-13-23-14-17)19-25-20(32-26-19)27-7-9-28(10-8-27)21(30)31-22(3,4)5/h6,11-12,17,23H,1,7-10,13-14H2,2-5H3/b16-11+. The maximum absolute atomic E-state index is 12.3. The molecular formula is C22H31N7O3. The van der Waals surface area contributed by atoms with Gasteiger partial charge in [0.2, 0.25) is 5.82 Å². The fourth-order valence-electron chi connectivity index (χ4n) is 3.61. The average molecular weight is 442 g/mol. The number of carbonyl (C=O) groups is 1. The largest absolute Gasteiger partial charge is 0.444 e. The van der Waals surface area contributed by atoms with E-state index in [4.69, 9.17) is 9.26 Å². The van der Waals surface area contributed by atoms with Crippen molar-refractivity contribution in [2.75, 3.05) is 44.2 Å². The molecule has 0 saturated carbocycles. The molecule has 1 amide bonds. The summed E-state index contributed by atoms with van der Waals surface area (Å²) in [6.45, 7) is 15.6. The molecule has 2 aromatic rings. The summed E-state index contributed by atoms with van der Waals surface area (Å²) in [5.74, 6) is 0.475. The van der Waals surface area contributed by atoms with Gasteiger partial charge in [-0.15, -0.1) is 0 Å². The normalized spacial score (nSPS) is 17.9. The van der Waals surface area contributed by atoms with Crippen molar-refractivity contribution in [1.29, 1.82) is 0 Å². The SMILES string of the molecule is C=C/C(=C\c1c(C)cnn1C1CNC1)c1noc(N2CCN(C(=O)OC(C)(C)C)CC2)n1. The number of aromatic nitrogens is 4. The van der Waals surface area contributed by atoms with Gasteiger partial charge in [0.15, 0.2) is 0 Å². The zero-order valence-corrected chi connectivity index (χ0v) is 19.2. The molecule has 2 aromatic heterocycles. The van der Waals surface area contributed by atoms with E-state index in [0.717, 1.165) is 29.9 Å². The number of aryl methyl sites for hydroxylation is 1. The minimum Gasteiger partial charge on any atom is -0.444 e. The van der Waals surface area contributed by atoms with Gasteiger partial charge in [-0.3, -0.25) is 4.68 Å². The second-order valence-corrected chi connectivity index (χ2v) is 9.13. The van der Waals surface area contributed by atoms with Crippen LogP contribution in [0.5, 0.6) is 0 Å². The Morgan fingerprint density at radius 2 is 2.00 bits per heavy atom. The summed E-state index contributed by atoms with van der Waals surface area (Å²) in [4.78, 5) is 20.5. The molecule has 0 atom stereocenters. The highest BCUT2D eigenvalue weighted by molar-refractivity contribution is 5.84. The van der Waals surface area contributed by atoms with Crippen molar-refractivity contribution in [3.63, 3.8) is 0 Å². The molecular weight excluding hydrogens is 410 g/mol. The molecule has 1 N–H and O–H groups in total. The number of piperazine rings is 1. The Balaban J connectivity index is 1.45. The molecule has 4 rings (SSSR count). The van der Waals surface area contributed by atoms with Crippen molar-refractivity contribution in [3.8, 4) is 0 Å². The molecule has 0 unspecified atom stereocenters. The van der Waals surface area contributed by atoms with Gasteiger partial charge in [-0.05, 0) is 39.3 Å². The lowest BCUT2D eigenvalue weighted by Gasteiger charge is -2.34. The maximum atomic E-state index is 12.3. The number of anilines is 1. The van der Waals surface area contributed by atoms with Crippen molar-refractivity contribution in [2.45, 2.75) is 39.3 Å². The molecule has 0 aliphatic carbocycles. The number of rotatable bonds is 5. The first-order valence-electron chi connectivity index (χ1n) is 10.9. The summed E-state index contributed by atoms with van der Waals surface area (Å²) in [6.07, 6.45) is 5.30. The molecule has 0 bridgehead atoms. The summed E-state index contributed by atoms with van der Waals surface area (Å²) in [5, 5.41) is 12.0. The van der Waals surface area contributed by atoms with Gasteiger partial charge in [-0.1, -0.05) is 17.8 Å². The molecule has 172 valence electrons. The summed E-state index contributed by atoms with van der Waals surface area (Å²) in [7, 11) is 0. The van der Waals surface area contributed by atoms with Crippen LogP contribution in [0, 0.1) is 6.92 Å². The van der Waals surface area contributed by atoms with E-state index < -0.39 is 5.60 Å². The van der Waals surface area contributed by atoms with Crippen LogP contribution in [0.3, 0.4) is 0 Å². The van der Waals surface area contributed by atoms with Crippen molar-refractivity contribution in [2.24, 2.45) is 0 Å². The van der Waals surface area contributed by atoms with E-state index in [1.165, 1.54) is 0 Å². The number of allylic oxidation sites excluding steroid dienone is 2. The lowest BCUT2D eigenvalue weighted by Crippen LogP contribution is -2.50. The van der Waals surface area contributed by atoms with Gasteiger partial charge < -0.3 is 24.4 Å². The lowest BCUT2D eigenvalue weighted by atomic mass is 10.1. The molecule has 10 heteroatoms. The molecule has 0 radical (unpaired) electrons. The molecule has 10 nitrogen and oxygen atoms in total. The maximum Gasteiger partial charge on any atom is 0.410 e. The highest BCUT2D eigenvalue weighted by Gasteiger charge is 2.28. The Labute approximate surface area is 187 Å². The quantitative estimate of drug-likeness (QED) is 0.707. The summed E-state index contributed by atoms with van der Waals surface area (Å²) >= 11 is 0. The van der Waals surface area contributed by atoms with Gasteiger partial charge in [0, 0.05) is 44.8 Å². The van der Waals surface area contributed by atoms with Gasteiger partial charge in [0.25, 0.3) is 0 Å². The third-order valence-corrected chi connectivity index (χ3v) is 5.52.